The summed E-state index contributed by atoms with van der Waals surface area (Å²) in [6, 6.07) is 0. The molecule has 0 bridgehead atoms. The standard InChI is InChI=1S/Al.Ca.9H2O.H4Si/h;;9*1H2;1H4/q+3;+2;;;;;;;;;;/p-5. The molecule has 0 rings (SSSR count). The number of hydrogen-bond donors (Lipinski definition) is 0. The third-order valence-corrected chi connectivity index (χ3v) is 0. The van der Waals surface area contributed by atoms with Gasteiger partial charge in [0.15, 0.2) is 0 Å². The molecule has 0 heterocycles. The van der Waals surface area contributed by atoms with Gasteiger partial charge in [-0.25, -0.2) is 0 Å². The Hall–Kier alpha value is 1.65. The maximum absolute atomic E-state index is 0. The summed E-state index contributed by atoms with van der Waals surface area (Å²) in [5.74, 6) is 0. The summed E-state index contributed by atoms with van der Waals surface area (Å²) in [7, 11) is 0. The van der Waals surface area contributed by atoms with E-state index < -0.39 is 0 Å². The molecule has 12 heteroatoms. The zero-order valence-electron chi connectivity index (χ0n) is 5.52. The molecule has 0 aliphatic carbocycles. The normalized spacial score (nSPS) is 0. The van der Waals surface area contributed by atoms with E-state index in [0.29, 0.717) is 0 Å². The molecule has 9 nitrogen and oxygen atoms in total. The molecular formula is H17AlCaO9Si. The molecule has 0 fully saturated rings. The molecule has 0 aliphatic rings. The van der Waals surface area contributed by atoms with E-state index in [0.717, 1.165) is 0 Å². The van der Waals surface area contributed by atoms with E-state index in [2.05, 4.69) is 0 Å². The van der Waals surface area contributed by atoms with Crippen molar-refractivity contribution in [3.05, 3.63) is 0 Å². The van der Waals surface area contributed by atoms with E-state index in [1.54, 1.807) is 0 Å². The largest absolute Gasteiger partial charge is 3.00 e. The van der Waals surface area contributed by atoms with Crippen molar-refractivity contribution in [1.29, 1.82) is 0 Å². The van der Waals surface area contributed by atoms with Crippen LogP contribution in [0.25, 0.3) is 0 Å². The minimum atomic E-state index is 0. The first kappa shape index (κ1) is 803. The maximum atomic E-state index is 0. The van der Waals surface area contributed by atoms with Crippen LogP contribution in [0.5, 0.6) is 0 Å². The number of rotatable bonds is 0. The quantitative estimate of drug-likeness (QED) is 0.380. The van der Waals surface area contributed by atoms with E-state index in [1.165, 1.54) is 0 Å². The summed E-state index contributed by atoms with van der Waals surface area (Å²) >= 11 is 0. The van der Waals surface area contributed by atoms with Crippen LogP contribution in [0.15, 0.2) is 0 Å². The minimum Gasteiger partial charge on any atom is -0.870 e. The van der Waals surface area contributed by atoms with Crippen LogP contribution < -0.4 is 0 Å². The van der Waals surface area contributed by atoms with Crippen LogP contribution >= 0.6 is 0 Å². The fourth-order valence-corrected chi connectivity index (χ4v) is 0. The molecule has 0 atom stereocenters. The van der Waals surface area contributed by atoms with Crippen LogP contribution in [0.4, 0.5) is 0 Å². The Labute approximate surface area is 114 Å². The fraction of sp³-hybridized carbons (Fsp3) is 0. The van der Waals surface area contributed by atoms with Gasteiger partial charge in [0.25, 0.3) is 0 Å². The molecule has 0 radical (unpaired) electrons. The van der Waals surface area contributed by atoms with Gasteiger partial charge >= 0.3 is 55.1 Å². The van der Waals surface area contributed by atoms with E-state index in [1.807, 2.05) is 0 Å². The molecule has 0 spiro atoms. The third kappa shape index (κ3) is 486. The molecule has 13 N–H and O–H groups in total. The van der Waals surface area contributed by atoms with E-state index in [9.17, 15) is 0 Å². The Morgan fingerprint density at radius 2 is 0.417 bits per heavy atom. The van der Waals surface area contributed by atoms with E-state index in [4.69, 9.17) is 0 Å². The van der Waals surface area contributed by atoms with Crippen LogP contribution in [0.1, 0.15) is 0 Å². The zero-order valence-corrected chi connectivity index (χ0v) is 8.88. The van der Waals surface area contributed by atoms with Crippen LogP contribution in [-0.2, 0) is 0 Å². The predicted octanol–water partition coefficient (Wildman–Crippen LogP) is -6.40. The molecular weight excluding hydrogens is 239 g/mol. The Morgan fingerprint density at radius 3 is 0.417 bits per heavy atom. The van der Waals surface area contributed by atoms with Crippen molar-refractivity contribution in [2.24, 2.45) is 0 Å². The molecule has 0 saturated carbocycles. The topological polar surface area (TPSA) is 276 Å². The van der Waals surface area contributed by atoms with Crippen LogP contribution in [0.2, 0.25) is 0 Å². The van der Waals surface area contributed by atoms with Gasteiger partial charge in [-0.1, -0.05) is 0 Å². The molecule has 0 aromatic carbocycles. The summed E-state index contributed by atoms with van der Waals surface area (Å²) in [5.41, 5.74) is 0. The van der Waals surface area contributed by atoms with Crippen LogP contribution in [0, 0.1) is 0 Å². The molecule has 0 aliphatic heterocycles. The van der Waals surface area contributed by atoms with E-state index >= 15 is 0 Å². The van der Waals surface area contributed by atoms with Gasteiger partial charge in [-0.05, 0) is 11.0 Å². The van der Waals surface area contributed by atoms with Crippen molar-refractivity contribution in [1.82, 2.24) is 0 Å². The van der Waals surface area contributed by atoms with Gasteiger partial charge in [-0.15, -0.1) is 0 Å². The third-order valence-electron chi connectivity index (χ3n) is 0. The Morgan fingerprint density at radius 1 is 0.417 bits per heavy atom. The van der Waals surface area contributed by atoms with Crippen LogP contribution in [-0.4, -0.2) is 115 Å². The zero-order chi connectivity index (χ0) is 0. The van der Waals surface area contributed by atoms with Crippen molar-refractivity contribution < 1.29 is 49.3 Å². The average Bonchev–Trinajstić information content (AvgIpc) is 0. The summed E-state index contributed by atoms with van der Waals surface area (Å²) in [6.07, 6.45) is 0. The van der Waals surface area contributed by atoms with Gasteiger partial charge in [-0.3, -0.25) is 0 Å². The van der Waals surface area contributed by atoms with Gasteiger partial charge in [-0.2, -0.15) is 0 Å². The minimum absolute atomic E-state index is 0. The first-order valence-electron chi connectivity index (χ1n) is 0. The second kappa shape index (κ2) is 631. The molecule has 0 aromatic heterocycles. The van der Waals surface area contributed by atoms with Gasteiger partial charge in [0.05, 0.1) is 0 Å². The Kier molecular flexibility index (Phi) is 42200. The van der Waals surface area contributed by atoms with Crippen molar-refractivity contribution in [2.45, 2.75) is 0 Å². The second-order valence-corrected chi connectivity index (χ2v) is 0. The summed E-state index contributed by atoms with van der Waals surface area (Å²) < 4.78 is 0. The van der Waals surface area contributed by atoms with Gasteiger partial charge < -0.3 is 49.3 Å². The summed E-state index contributed by atoms with van der Waals surface area (Å²) in [6.45, 7) is 0. The first-order chi connectivity index (χ1) is 0. The van der Waals surface area contributed by atoms with Crippen molar-refractivity contribution in [3.63, 3.8) is 0 Å². The van der Waals surface area contributed by atoms with E-state index in [-0.39, 0.29) is 115 Å². The molecule has 0 unspecified atom stereocenters. The van der Waals surface area contributed by atoms with Crippen LogP contribution in [0.3, 0.4) is 0 Å². The maximum Gasteiger partial charge on any atom is 3.00 e. The predicted molar refractivity (Wildman–Crippen MR) is 47.0 cm³/mol. The molecule has 12 heavy (non-hydrogen) atoms. The SMILES string of the molecule is O.O.O.O.[Al+3].[Ca+2].[OH-].[OH-].[OH-].[OH-].[OH-].[SiH4]. The van der Waals surface area contributed by atoms with Crippen molar-refractivity contribution in [2.75, 3.05) is 0 Å². The molecule has 80 valence electrons. The molecule has 0 saturated heterocycles. The first-order valence-corrected chi connectivity index (χ1v) is 0. The van der Waals surface area contributed by atoms with Crippen molar-refractivity contribution >= 4 is 66.1 Å². The smallest absolute Gasteiger partial charge is 0.870 e. The molecule has 0 aromatic rings. The van der Waals surface area contributed by atoms with Gasteiger partial charge in [0, 0.05) is 0 Å². The summed E-state index contributed by atoms with van der Waals surface area (Å²) in [4.78, 5) is 0. The Bertz CT molecular complexity index is 14.5. The number of hydrogen-bond acceptors (Lipinski definition) is 5. The monoisotopic (exact) mass is 256 g/mol. The van der Waals surface area contributed by atoms with Crippen molar-refractivity contribution in [3.8, 4) is 0 Å². The summed E-state index contributed by atoms with van der Waals surface area (Å²) in [5, 5.41) is 0. The molecule has 0 amide bonds. The fourth-order valence-electron chi connectivity index (χ4n) is 0. The second-order valence-electron chi connectivity index (χ2n) is 0. The average molecular weight is 256 g/mol. The van der Waals surface area contributed by atoms with Gasteiger partial charge in [0.2, 0.25) is 0 Å². The Balaban J connectivity index is 0. The van der Waals surface area contributed by atoms with Gasteiger partial charge in [0.1, 0.15) is 0 Å².